The first kappa shape index (κ1) is 12.4. The van der Waals surface area contributed by atoms with Crippen molar-refractivity contribution in [1.82, 2.24) is 20.1 Å². The van der Waals surface area contributed by atoms with Crippen LogP contribution in [0.25, 0.3) is 0 Å². The fourth-order valence-electron chi connectivity index (χ4n) is 3.10. The first-order valence-electron chi connectivity index (χ1n) is 6.93. The van der Waals surface area contributed by atoms with E-state index in [0.29, 0.717) is 12.0 Å². The number of nitrogens with zero attached hydrogens (tertiary/aromatic N) is 3. The zero-order valence-corrected chi connectivity index (χ0v) is 11.5. The zero-order valence-electron chi connectivity index (χ0n) is 11.5. The van der Waals surface area contributed by atoms with Gasteiger partial charge in [-0.2, -0.15) is 5.10 Å². The van der Waals surface area contributed by atoms with Crippen LogP contribution in [0, 0.1) is 5.92 Å². The number of aryl methyl sites for hydroxylation is 1. The Hall–Kier alpha value is -1.68. The maximum atomic E-state index is 4.36. The van der Waals surface area contributed by atoms with Crippen LogP contribution in [0.15, 0.2) is 30.6 Å². The average molecular weight is 256 g/mol. The third-order valence-electron chi connectivity index (χ3n) is 4.02. The monoisotopic (exact) mass is 256 g/mol. The number of nitrogens with one attached hydrogen (secondary N) is 1. The molecule has 0 aliphatic heterocycles. The number of aromatic nitrogens is 3. The molecule has 2 unspecified atom stereocenters. The van der Waals surface area contributed by atoms with Crippen molar-refractivity contribution in [2.75, 3.05) is 6.54 Å². The highest BCUT2D eigenvalue weighted by Gasteiger charge is 2.32. The number of benzene rings is 1. The van der Waals surface area contributed by atoms with E-state index in [1.54, 1.807) is 6.33 Å². The van der Waals surface area contributed by atoms with Crippen LogP contribution < -0.4 is 5.32 Å². The van der Waals surface area contributed by atoms with E-state index in [-0.39, 0.29) is 0 Å². The molecule has 1 aliphatic carbocycles. The smallest absolute Gasteiger partial charge is 0.138 e. The van der Waals surface area contributed by atoms with Crippen LogP contribution in [0.5, 0.6) is 0 Å². The minimum Gasteiger partial charge on any atom is -0.310 e. The van der Waals surface area contributed by atoms with Crippen molar-refractivity contribution in [1.29, 1.82) is 0 Å². The van der Waals surface area contributed by atoms with Gasteiger partial charge >= 0.3 is 0 Å². The molecule has 0 saturated heterocycles. The Labute approximate surface area is 113 Å². The van der Waals surface area contributed by atoms with Gasteiger partial charge in [-0.1, -0.05) is 31.2 Å². The highest BCUT2D eigenvalue weighted by molar-refractivity contribution is 5.36. The molecular formula is C15H20N4. The van der Waals surface area contributed by atoms with Crippen molar-refractivity contribution in [3.8, 4) is 0 Å². The van der Waals surface area contributed by atoms with Crippen LogP contribution in [-0.2, 0) is 19.9 Å². The van der Waals surface area contributed by atoms with Gasteiger partial charge < -0.3 is 5.32 Å². The normalized spacial score (nSPS) is 21.6. The fourth-order valence-corrected chi connectivity index (χ4v) is 3.10. The number of hydrogen-bond acceptors (Lipinski definition) is 3. The minimum absolute atomic E-state index is 0.443. The molecule has 1 N–H and O–H groups in total. The van der Waals surface area contributed by atoms with E-state index < -0.39 is 0 Å². The standard InChI is InChI=1S/C15H20N4/c1-3-16-15-12(9-14-17-10-18-19(14)2)8-11-6-4-5-7-13(11)15/h4-7,10,12,15-16H,3,8-9H2,1-2H3. The second-order valence-electron chi connectivity index (χ2n) is 5.20. The van der Waals surface area contributed by atoms with Gasteiger partial charge in [-0.25, -0.2) is 4.98 Å². The van der Waals surface area contributed by atoms with E-state index >= 15 is 0 Å². The SMILES string of the molecule is CCNC1c2ccccc2CC1Cc1ncnn1C. The summed E-state index contributed by atoms with van der Waals surface area (Å²) in [5.41, 5.74) is 2.93. The molecule has 4 nitrogen and oxygen atoms in total. The van der Waals surface area contributed by atoms with Gasteiger partial charge in [-0.3, -0.25) is 4.68 Å². The van der Waals surface area contributed by atoms with Crippen molar-refractivity contribution in [2.45, 2.75) is 25.8 Å². The summed E-state index contributed by atoms with van der Waals surface area (Å²) in [6.07, 6.45) is 3.74. The topological polar surface area (TPSA) is 42.7 Å². The Morgan fingerprint density at radius 3 is 2.95 bits per heavy atom. The lowest BCUT2D eigenvalue weighted by atomic mass is 9.96. The molecule has 2 aromatic rings. The van der Waals surface area contributed by atoms with Crippen molar-refractivity contribution in [3.63, 3.8) is 0 Å². The molecule has 4 heteroatoms. The molecule has 0 amide bonds. The number of fused-ring (bicyclic) bond motifs is 1. The molecule has 0 fully saturated rings. The summed E-state index contributed by atoms with van der Waals surface area (Å²) in [5, 5.41) is 7.79. The van der Waals surface area contributed by atoms with Crippen LogP contribution in [0.4, 0.5) is 0 Å². The zero-order chi connectivity index (χ0) is 13.2. The van der Waals surface area contributed by atoms with Gasteiger partial charge in [0.1, 0.15) is 12.2 Å². The first-order chi connectivity index (χ1) is 9.29. The predicted octanol–water partition coefficient (Wildman–Crippen LogP) is 1.88. The molecule has 1 aromatic heterocycles. The quantitative estimate of drug-likeness (QED) is 0.908. The first-order valence-corrected chi connectivity index (χ1v) is 6.93. The van der Waals surface area contributed by atoms with E-state index in [9.17, 15) is 0 Å². The lowest BCUT2D eigenvalue weighted by Crippen LogP contribution is -2.27. The predicted molar refractivity (Wildman–Crippen MR) is 74.8 cm³/mol. The molecule has 19 heavy (non-hydrogen) atoms. The molecule has 1 aliphatic rings. The van der Waals surface area contributed by atoms with Crippen LogP contribution in [-0.4, -0.2) is 21.3 Å². The Morgan fingerprint density at radius 2 is 2.21 bits per heavy atom. The van der Waals surface area contributed by atoms with Crippen molar-refractivity contribution >= 4 is 0 Å². The maximum absolute atomic E-state index is 4.36. The largest absolute Gasteiger partial charge is 0.310 e. The number of rotatable bonds is 4. The van der Waals surface area contributed by atoms with Gasteiger partial charge in [0.25, 0.3) is 0 Å². The summed E-state index contributed by atoms with van der Waals surface area (Å²) in [5.74, 6) is 1.64. The summed E-state index contributed by atoms with van der Waals surface area (Å²) in [6.45, 7) is 3.16. The Morgan fingerprint density at radius 1 is 1.37 bits per heavy atom. The van der Waals surface area contributed by atoms with E-state index in [4.69, 9.17) is 0 Å². The molecule has 0 bridgehead atoms. The third kappa shape index (κ3) is 2.28. The molecule has 1 aromatic carbocycles. The van der Waals surface area contributed by atoms with Crippen LogP contribution in [0.2, 0.25) is 0 Å². The van der Waals surface area contributed by atoms with Crippen LogP contribution in [0.3, 0.4) is 0 Å². The number of hydrogen-bond donors (Lipinski definition) is 1. The Bertz CT molecular complexity index is 561. The summed E-state index contributed by atoms with van der Waals surface area (Å²) in [6, 6.07) is 9.20. The van der Waals surface area contributed by atoms with Gasteiger partial charge in [0.2, 0.25) is 0 Å². The Kier molecular flexibility index (Phi) is 3.34. The third-order valence-corrected chi connectivity index (χ3v) is 4.02. The van der Waals surface area contributed by atoms with E-state index in [2.05, 4.69) is 46.6 Å². The molecule has 2 atom stereocenters. The van der Waals surface area contributed by atoms with Gasteiger partial charge in [0, 0.05) is 19.5 Å². The van der Waals surface area contributed by atoms with E-state index in [1.165, 1.54) is 11.1 Å². The van der Waals surface area contributed by atoms with Crippen molar-refractivity contribution in [3.05, 3.63) is 47.5 Å². The second-order valence-corrected chi connectivity index (χ2v) is 5.20. The maximum Gasteiger partial charge on any atom is 0.138 e. The van der Waals surface area contributed by atoms with Crippen LogP contribution >= 0.6 is 0 Å². The highest BCUT2D eigenvalue weighted by Crippen LogP contribution is 2.37. The van der Waals surface area contributed by atoms with Crippen molar-refractivity contribution in [2.24, 2.45) is 13.0 Å². The van der Waals surface area contributed by atoms with Crippen molar-refractivity contribution < 1.29 is 0 Å². The molecule has 0 radical (unpaired) electrons. The summed E-state index contributed by atoms with van der Waals surface area (Å²) in [4.78, 5) is 4.36. The molecule has 0 saturated carbocycles. The average Bonchev–Trinajstić information content (AvgIpc) is 2.96. The summed E-state index contributed by atoms with van der Waals surface area (Å²) >= 11 is 0. The molecule has 1 heterocycles. The van der Waals surface area contributed by atoms with Gasteiger partial charge in [-0.15, -0.1) is 0 Å². The lowest BCUT2D eigenvalue weighted by Gasteiger charge is -2.21. The minimum atomic E-state index is 0.443. The Balaban J connectivity index is 1.85. The van der Waals surface area contributed by atoms with Gasteiger partial charge in [-0.05, 0) is 30.0 Å². The second kappa shape index (κ2) is 5.13. The molecule has 3 rings (SSSR count). The van der Waals surface area contributed by atoms with E-state index in [1.807, 2.05) is 11.7 Å². The molecule has 100 valence electrons. The van der Waals surface area contributed by atoms with Crippen LogP contribution in [0.1, 0.15) is 29.9 Å². The summed E-state index contributed by atoms with van der Waals surface area (Å²) < 4.78 is 1.88. The highest BCUT2D eigenvalue weighted by atomic mass is 15.3. The fraction of sp³-hybridized carbons (Fsp3) is 0.467. The summed E-state index contributed by atoms with van der Waals surface area (Å²) in [7, 11) is 1.96. The van der Waals surface area contributed by atoms with E-state index in [0.717, 1.165) is 25.2 Å². The van der Waals surface area contributed by atoms with Gasteiger partial charge in [0.05, 0.1) is 0 Å². The molecular weight excluding hydrogens is 236 g/mol. The van der Waals surface area contributed by atoms with Gasteiger partial charge in [0.15, 0.2) is 0 Å². The lowest BCUT2D eigenvalue weighted by molar-refractivity contribution is 0.383. The molecule has 0 spiro atoms.